The molecule has 0 aromatic heterocycles. The molecule has 1 aliphatic rings. The molecule has 2 aromatic rings. The van der Waals surface area contributed by atoms with Crippen LogP contribution in [0, 0.1) is 5.41 Å². The molecule has 0 aliphatic heterocycles. The Morgan fingerprint density at radius 2 is 1.44 bits per heavy atom. The number of fused-ring (bicyclic) bond motifs is 3. The molecule has 7 nitrogen and oxygen atoms in total. The van der Waals surface area contributed by atoms with Gasteiger partial charge in [0.05, 0.1) is 0 Å². The van der Waals surface area contributed by atoms with Gasteiger partial charge < -0.3 is 20.5 Å². The number of carbonyl (C=O) groups is 3. The van der Waals surface area contributed by atoms with E-state index in [0.717, 1.165) is 22.3 Å². The Morgan fingerprint density at radius 1 is 0.941 bits per heavy atom. The zero-order valence-electron chi connectivity index (χ0n) is 20.5. The highest BCUT2D eigenvalue weighted by Gasteiger charge is 2.42. The van der Waals surface area contributed by atoms with E-state index in [2.05, 4.69) is 22.8 Å². The first-order valence-corrected chi connectivity index (χ1v) is 11.7. The van der Waals surface area contributed by atoms with Gasteiger partial charge in [0.25, 0.3) is 0 Å². The molecule has 1 aliphatic carbocycles. The third-order valence-electron chi connectivity index (χ3n) is 6.72. The number of carboxylic acid groups (broad SMARTS) is 1. The van der Waals surface area contributed by atoms with Crippen LogP contribution in [0.1, 0.15) is 64.5 Å². The number of benzene rings is 2. The second-order valence-corrected chi connectivity index (χ2v) is 9.85. The average Bonchev–Trinajstić information content (AvgIpc) is 3.12. The fraction of sp³-hybridized carbons (Fsp3) is 0.444. The highest BCUT2D eigenvalue weighted by molar-refractivity contribution is 5.93. The predicted molar refractivity (Wildman–Crippen MR) is 131 cm³/mol. The summed E-state index contributed by atoms with van der Waals surface area (Å²) in [6, 6.07) is 15.0. The van der Waals surface area contributed by atoms with Crippen LogP contribution in [0.3, 0.4) is 0 Å². The lowest BCUT2D eigenvalue weighted by Crippen LogP contribution is -2.62. The molecule has 3 N–H and O–H groups in total. The first-order chi connectivity index (χ1) is 16.0. The molecule has 0 spiro atoms. The molecule has 2 aromatic carbocycles. The molecule has 2 amide bonds. The van der Waals surface area contributed by atoms with Crippen LogP contribution in [0.15, 0.2) is 48.5 Å². The zero-order valence-corrected chi connectivity index (χ0v) is 20.5. The maximum Gasteiger partial charge on any atom is 0.408 e. The molecule has 0 heterocycles. The van der Waals surface area contributed by atoms with Gasteiger partial charge in [-0.2, -0.15) is 0 Å². The molecular formula is C27H34N2O5. The molecule has 182 valence electrons. The average molecular weight is 467 g/mol. The fourth-order valence-corrected chi connectivity index (χ4v) is 4.55. The Hall–Kier alpha value is -3.35. The summed E-state index contributed by atoms with van der Waals surface area (Å²) in [4.78, 5) is 37.7. The predicted octanol–water partition coefficient (Wildman–Crippen LogP) is 4.70. The molecular weight excluding hydrogens is 432 g/mol. The lowest BCUT2D eigenvalue weighted by Gasteiger charge is -2.35. The lowest BCUT2D eigenvalue weighted by molar-refractivity contribution is -0.146. The van der Waals surface area contributed by atoms with Crippen molar-refractivity contribution in [3.63, 3.8) is 0 Å². The zero-order chi connectivity index (χ0) is 25.1. The summed E-state index contributed by atoms with van der Waals surface area (Å²) < 4.78 is 5.62. The summed E-state index contributed by atoms with van der Waals surface area (Å²) in [6.45, 7) is 8.91. The third kappa shape index (κ3) is 4.93. The van der Waals surface area contributed by atoms with Crippen molar-refractivity contribution < 1.29 is 24.2 Å². The van der Waals surface area contributed by atoms with Crippen LogP contribution in [-0.2, 0) is 14.3 Å². The third-order valence-corrected chi connectivity index (χ3v) is 6.72. The second kappa shape index (κ2) is 9.87. The van der Waals surface area contributed by atoms with Crippen molar-refractivity contribution in [2.75, 3.05) is 6.61 Å². The molecule has 3 rings (SSSR count). The largest absolute Gasteiger partial charge is 0.480 e. The van der Waals surface area contributed by atoms with Crippen LogP contribution >= 0.6 is 0 Å². The number of hydrogen-bond donors (Lipinski definition) is 3. The highest BCUT2D eigenvalue weighted by atomic mass is 16.5. The van der Waals surface area contributed by atoms with Crippen molar-refractivity contribution in [2.24, 2.45) is 5.41 Å². The van der Waals surface area contributed by atoms with Crippen molar-refractivity contribution >= 4 is 18.0 Å². The van der Waals surface area contributed by atoms with Gasteiger partial charge in [0.15, 0.2) is 0 Å². The van der Waals surface area contributed by atoms with Crippen LogP contribution in [0.4, 0.5) is 4.79 Å². The SMILES string of the molecule is CCC(CC)(NC(=O)OCC1c2ccccc2-c2ccccc21)C(=O)N[C@@H](C(=O)O)C(C)(C)C. The van der Waals surface area contributed by atoms with E-state index < -0.39 is 35.0 Å². The van der Waals surface area contributed by atoms with Gasteiger partial charge in [0.1, 0.15) is 18.2 Å². The van der Waals surface area contributed by atoms with E-state index in [9.17, 15) is 19.5 Å². The number of aliphatic carboxylic acids is 1. The Kier molecular flexibility index (Phi) is 7.34. The van der Waals surface area contributed by atoms with Gasteiger partial charge >= 0.3 is 12.1 Å². The quantitative estimate of drug-likeness (QED) is 0.523. The monoisotopic (exact) mass is 466 g/mol. The van der Waals surface area contributed by atoms with Crippen molar-refractivity contribution in [1.29, 1.82) is 0 Å². The molecule has 0 fully saturated rings. The van der Waals surface area contributed by atoms with Gasteiger partial charge in [0, 0.05) is 5.92 Å². The number of hydrogen-bond acceptors (Lipinski definition) is 4. The normalized spacial score (nSPS) is 14.0. The van der Waals surface area contributed by atoms with Crippen molar-refractivity contribution in [3.05, 3.63) is 59.7 Å². The van der Waals surface area contributed by atoms with Crippen LogP contribution in [0.5, 0.6) is 0 Å². The van der Waals surface area contributed by atoms with E-state index in [4.69, 9.17) is 4.74 Å². The van der Waals surface area contributed by atoms with Crippen molar-refractivity contribution in [1.82, 2.24) is 10.6 Å². The Bertz CT molecular complexity index is 1020. The molecule has 0 bridgehead atoms. The summed E-state index contributed by atoms with van der Waals surface area (Å²) in [7, 11) is 0. The van der Waals surface area contributed by atoms with Gasteiger partial charge in [-0.15, -0.1) is 0 Å². The maximum atomic E-state index is 13.2. The molecule has 0 saturated heterocycles. The van der Waals surface area contributed by atoms with Gasteiger partial charge in [-0.1, -0.05) is 83.1 Å². The van der Waals surface area contributed by atoms with Crippen LogP contribution in [0.25, 0.3) is 11.1 Å². The van der Waals surface area contributed by atoms with Gasteiger partial charge in [-0.25, -0.2) is 9.59 Å². The number of nitrogens with one attached hydrogen (secondary N) is 2. The Morgan fingerprint density at radius 3 is 1.88 bits per heavy atom. The van der Waals surface area contributed by atoms with Gasteiger partial charge in [0.2, 0.25) is 5.91 Å². The lowest BCUT2D eigenvalue weighted by atomic mass is 9.85. The van der Waals surface area contributed by atoms with E-state index in [1.807, 2.05) is 36.4 Å². The maximum absolute atomic E-state index is 13.2. The van der Waals surface area contributed by atoms with E-state index in [-0.39, 0.29) is 25.4 Å². The fourth-order valence-electron chi connectivity index (χ4n) is 4.55. The van der Waals surface area contributed by atoms with E-state index in [1.165, 1.54) is 0 Å². The van der Waals surface area contributed by atoms with Gasteiger partial charge in [-0.3, -0.25) is 4.79 Å². The minimum Gasteiger partial charge on any atom is -0.480 e. The summed E-state index contributed by atoms with van der Waals surface area (Å²) in [6.07, 6.45) is -0.130. The Balaban J connectivity index is 1.73. The van der Waals surface area contributed by atoms with Crippen LogP contribution in [-0.4, -0.2) is 41.3 Å². The summed E-state index contributed by atoms with van der Waals surface area (Å²) in [5, 5.41) is 14.9. The number of ether oxygens (including phenoxy) is 1. The van der Waals surface area contributed by atoms with Crippen molar-refractivity contribution in [3.8, 4) is 11.1 Å². The van der Waals surface area contributed by atoms with Crippen LogP contribution in [0.2, 0.25) is 0 Å². The van der Waals surface area contributed by atoms with Crippen LogP contribution < -0.4 is 10.6 Å². The molecule has 0 saturated carbocycles. The van der Waals surface area contributed by atoms with Crippen molar-refractivity contribution in [2.45, 2.75) is 65.0 Å². The molecule has 34 heavy (non-hydrogen) atoms. The van der Waals surface area contributed by atoms with E-state index >= 15 is 0 Å². The summed E-state index contributed by atoms with van der Waals surface area (Å²) in [5.74, 6) is -1.75. The standard InChI is InChI=1S/C27H34N2O5/c1-6-27(7-2,24(32)28-22(23(30)31)26(3,4)5)29-25(33)34-16-21-19-14-10-8-12-17(19)18-13-9-11-15-20(18)21/h8-15,21-22H,6-7,16H2,1-5H3,(H,28,32)(H,29,33)(H,30,31)/t22-/m0/s1. The number of alkyl carbamates (subject to hydrolysis) is 1. The molecule has 0 radical (unpaired) electrons. The summed E-state index contributed by atoms with van der Waals surface area (Å²) in [5.41, 5.74) is 2.48. The Labute approximate surface area is 200 Å². The number of rotatable bonds is 8. The van der Waals surface area contributed by atoms with E-state index in [1.54, 1.807) is 34.6 Å². The number of carbonyl (C=O) groups excluding carboxylic acids is 2. The van der Waals surface area contributed by atoms with Gasteiger partial charge in [-0.05, 0) is 40.5 Å². The minimum atomic E-state index is -1.28. The highest BCUT2D eigenvalue weighted by Crippen LogP contribution is 2.44. The molecule has 1 atom stereocenters. The summed E-state index contributed by atoms with van der Waals surface area (Å²) >= 11 is 0. The minimum absolute atomic E-state index is 0.0955. The molecule has 0 unspecified atom stereocenters. The topological polar surface area (TPSA) is 105 Å². The number of carboxylic acids is 1. The first-order valence-electron chi connectivity index (χ1n) is 11.7. The smallest absolute Gasteiger partial charge is 0.408 e. The molecule has 7 heteroatoms. The first kappa shape index (κ1) is 25.3. The number of amides is 2. The van der Waals surface area contributed by atoms with E-state index in [0.29, 0.717) is 0 Å². The second-order valence-electron chi connectivity index (χ2n) is 9.85.